The van der Waals surface area contributed by atoms with Crippen LogP contribution in [0.5, 0.6) is 5.75 Å². The predicted octanol–water partition coefficient (Wildman–Crippen LogP) is 3.17. The van der Waals surface area contributed by atoms with E-state index in [0.29, 0.717) is 24.6 Å². The van der Waals surface area contributed by atoms with Crippen molar-refractivity contribution in [3.05, 3.63) is 58.5 Å². The first kappa shape index (κ1) is 17.8. The zero-order chi connectivity index (χ0) is 18.7. The fraction of sp³-hybridized carbons (Fsp3) is 0.300. The Bertz CT molecular complexity index is 1000. The van der Waals surface area contributed by atoms with Gasteiger partial charge in [-0.1, -0.05) is 18.2 Å². The summed E-state index contributed by atoms with van der Waals surface area (Å²) >= 11 is 0. The van der Waals surface area contributed by atoms with Gasteiger partial charge in [-0.3, -0.25) is 13.9 Å². The number of amides is 1. The molecule has 0 bridgehead atoms. The normalized spacial score (nSPS) is 10.9. The van der Waals surface area contributed by atoms with E-state index in [1.54, 1.807) is 4.57 Å². The largest absolute Gasteiger partial charge is 0.492 e. The highest BCUT2D eigenvalue weighted by molar-refractivity contribution is 5.93. The van der Waals surface area contributed by atoms with Crippen LogP contribution >= 0.6 is 0 Å². The average Bonchev–Trinajstić information content (AvgIpc) is 2.89. The summed E-state index contributed by atoms with van der Waals surface area (Å²) in [5.41, 5.74) is 3.06. The van der Waals surface area contributed by atoms with E-state index in [9.17, 15) is 9.59 Å². The molecule has 1 heterocycles. The number of ether oxygens (including phenoxy) is 1. The van der Waals surface area contributed by atoms with Crippen LogP contribution in [0, 0.1) is 6.92 Å². The van der Waals surface area contributed by atoms with Crippen LogP contribution in [0.25, 0.3) is 11.0 Å². The molecule has 0 saturated carbocycles. The van der Waals surface area contributed by atoms with Gasteiger partial charge in [-0.05, 0) is 50.6 Å². The molecule has 1 aromatic heterocycles. The van der Waals surface area contributed by atoms with Crippen molar-refractivity contribution in [2.75, 3.05) is 11.9 Å². The Morgan fingerprint density at radius 2 is 1.77 bits per heavy atom. The van der Waals surface area contributed by atoms with Crippen molar-refractivity contribution in [3.63, 3.8) is 0 Å². The summed E-state index contributed by atoms with van der Waals surface area (Å²) in [6.07, 6.45) is 0. The van der Waals surface area contributed by atoms with Crippen LogP contribution in [0.4, 0.5) is 5.69 Å². The minimum atomic E-state index is -0.268. The summed E-state index contributed by atoms with van der Waals surface area (Å²) in [5, 5.41) is 2.86. The van der Waals surface area contributed by atoms with Crippen molar-refractivity contribution in [2.45, 2.75) is 33.9 Å². The van der Waals surface area contributed by atoms with Crippen LogP contribution in [-0.2, 0) is 17.9 Å². The number of nitrogens with one attached hydrogen (secondary N) is 1. The number of aromatic nitrogens is 2. The van der Waals surface area contributed by atoms with E-state index in [2.05, 4.69) is 5.32 Å². The lowest BCUT2D eigenvalue weighted by Crippen LogP contribution is -2.29. The van der Waals surface area contributed by atoms with Gasteiger partial charge in [-0.25, -0.2) is 4.79 Å². The van der Waals surface area contributed by atoms with Crippen molar-refractivity contribution >= 4 is 22.6 Å². The summed E-state index contributed by atoms with van der Waals surface area (Å²) in [5.74, 6) is 0.361. The molecule has 3 aromatic rings. The molecule has 1 N–H and O–H groups in total. The number of benzene rings is 2. The number of anilines is 1. The summed E-state index contributed by atoms with van der Waals surface area (Å²) in [4.78, 5) is 25.2. The molecule has 6 heteroatoms. The standard InChI is InChI=1S/C20H23N3O3/c1-4-22-16-8-6-7-9-17(16)23(20(22)25)13-19(24)21-15-11-10-14(3)12-18(15)26-5-2/h6-12H,4-5,13H2,1-3H3,(H,21,24). The summed E-state index contributed by atoms with van der Waals surface area (Å²) in [6, 6.07) is 13.1. The molecule has 136 valence electrons. The lowest BCUT2D eigenvalue weighted by atomic mass is 10.2. The molecule has 0 spiro atoms. The molecule has 0 aliphatic carbocycles. The third-order valence-corrected chi connectivity index (χ3v) is 4.25. The van der Waals surface area contributed by atoms with Gasteiger partial charge in [0.15, 0.2) is 0 Å². The maximum absolute atomic E-state index is 12.6. The molecule has 1 amide bonds. The number of fused-ring (bicyclic) bond motifs is 1. The molecule has 0 saturated heterocycles. The number of rotatable bonds is 6. The molecular formula is C20H23N3O3. The number of para-hydroxylation sites is 2. The lowest BCUT2D eigenvalue weighted by Gasteiger charge is -2.12. The van der Waals surface area contributed by atoms with Crippen LogP contribution in [0.1, 0.15) is 19.4 Å². The molecule has 0 aliphatic rings. The third kappa shape index (κ3) is 3.35. The average molecular weight is 353 g/mol. The van der Waals surface area contributed by atoms with Gasteiger partial charge in [-0.2, -0.15) is 0 Å². The van der Waals surface area contributed by atoms with Crippen molar-refractivity contribution in [2.24, 2.45) is 0 Å². The van der Waals surface area contributed by atoms with E-state index >= 15 is 0 Å². The Kier molecular flexibility index (Phi) is 5.11. The van der Waals surface area contributed by atoms with E-state index in [4.69, 9.17) is 4.74 Å². The number of hydrogen-bond acceptors (Lipinski definition) is 3. The van der Waals surface area contributed by atoms with Gasteiger partial charge < -0.3 is 10.1 Å². The van der Waals surface area contributed by atoms with Crippen LogP contribution in [0.15, 0.2) is 47.3 Å². The molecule has 6 nitrogen and oxygen atoms in total. The van der Waals surface area contributed by atoms with Crippen molar-refractivity contribution in [3.8, 4) is 5.75 Å². The van der Waals surface area contributed by atoms with Crippen LogP contribution < -0.4 is 15.7 Å². The van der Waals surface area contributed by atoms with E-state index in [1.165, 1.54) is 4.57 Å². The maximum Gasteiger partial charge on any atom is 0.329 e. The SMILES string of the molecule is CCOc1cc(C)ccc1NC(=O)Cn1c(=O)n(CC)c2ccccc21. The molecule has 26 heavy (non-hydrogen) atoms. The first-order chi connectivity index (χ1) is 12.5. The Balaban J connectivity index is 1.89. The fourth-order valence-electron chi connectivity index (χ4n) is 3.07. The quantitative estimate of drug-likeness (QED) is 0.740. The molecule has 0 aliphatic heterocycles. The second kappa shape index (κ2) is 7.47. The van der Waals surface area contributed by atoms with E-state index in [0.717, 1.165) is 16.6 Å². The van der Waals surface area contributed by atoms with Crippen LogP contribution in [0.3, 0.4) is 0 Å². The summed E-state index contributed by atoms with van der Waals surface area (Å²) < 4.78 is 8.77. The topological polar surface area (TPSA) is 65.3 Å². The highest BCUT2D eigenvalue weighted by Crippen LogP contribution is 2.25. The van der Waals surface area contributed by atoms with E-state index < -0.39 is 0 Å². The van der Waals surface area contributed by atoms with Gasteiger partial charge in [0.05, 0.1) is 23.3 Å². The van der Waals surface area contributed by atoms with E-state index in [1.807, 2.05) is 63.2 Å². The number of aryl methyl sites for hydroxylation is 2. The van der Waals surface area contributed by atoms with Crippen LogP contribution in [-0.4, -0.2) is 21.6 Å². The fourth-order valence-corrected chi connectivity index (χ4v) is 3.07. The van der Waals surface area contributed by atoms with Gasteiger partial charge in [0.2, 0.25) is 5.91 Å². The van der Waals surface area contributed by atoms with E-state index in [-0.39, 0.29) is 18.1 Å². The Morgan fingerprint density at radius 1 is 1.08 bits per heavy atom. The Morgan fingerprint density at radius 3 is 2.42 bits per heavy atom. The smallest absolute Gasteiger partial charge is 0.329 e. The number of carbonyl (C=O) groups is 1. The molecule has 3 rings (SSSR count). The third-order valence-electron chi connectivity index (χ3n) is 4.25. The molecule has 0 fully saturated rings. The van der Waals surface area contributed by atoms with Gasteiger partial charge >= 0.3 is 5.69 Å². The highest BCUT2D eigenvalue weighted by Gasteiger charge is 2.15. The molecule has 0 atom stereocenters. The van der Waals surface area contributed by atoms with Gasteiger partial charge in [0, 0.05) is 6.54 Å². The minimum absolute atomic E-state index is 0.0498. The first-order valence-corrected chi connectivity index (χ1v) is 8.76. The first-order valence-electron chi connectivity index (χ1n) is 8.76. The lowest BCUT2D eigenvalue weighted by molar-refractivity contribution is -0.116. The molecule has 2 aromatic carbocycles. The molecular weight excluding hydrogens is 330 g/mol. The number of hydrogen-bond donors (Lipinski definition) is 1. The minimum Gasteiger partial charge on any atom is -0.492 e. The Hall–Kier alpha value is -3.02. The second-order valence-corrected chi connectivity index (χ2v) is 6.08. The Labute approximate surface area is 152 Å². The number of nitrogens with zero attached hydrogens (tertiary/aromatic N) is 2. The number of imidazole rings is 1. The molecule has 0 unspecified atom stereocenters. The van der Waals surface area contributed by atoms with Gasteiger partial charge in [0.25, 0.3) is 0 Å². The monoisotopic (exact) mass is 353 g/mol. The van der Waals surface area contributed by atoms with Crippen molar-refractivity contribution in [1.29, 1.82) is 0 Å². The second-order valence-electron chi connectivity index (χ2n) is 6.08. The maximum atomic E-state index is 12.6. The predicted molar refractivity (Wildman–Crippen MR) is 103 cm³/mol. The summed E-state index contributed by atoms with van der Waals surface area (Å²) in [6.45, 7) is 6.79. The zero-order valence-corrected chi connectivity index (χ0v) is 15.3. The zero-order valence-electron chi connectivity index (χ0n) is 15.3. The van der Waals surface area contributed by atoms with Crippen molar-refractivity contribution in [1.82, 2.24) is 9.13 Å². The summed E-state index contributed by atoms with van der Waals surface area (Å²) in [7, 11) is 0. The van der Waals surface area contributed by atoms with Gasteiger partial charge in [0.1, 0.15) is 12.3 Å². The molecule has 0 radical (unpaired) electrons. The number of carbonyl (C=O) groups excluding carboxylic acids is 1. The van der Waals surface area contributed by atoms with Crippen LogP contribution in [0.2, 0.25) is 0 Å². The van der Waals surface area contributed by atoms with Crippen molar-refractivity contribution < 1.29 is 9.53 Å². The highest BCUT2D eigenvalue weighted by atomic mass is 16.5. The van der Waals surface area contributed by atoms with Gasteiger partial charge in [-0.15, -0.1) is 0 Å².